The van der Waals surface area contributed by atoms with Gasteiger partial charge in [0.2, 0.25) is 0 Å². The van der Waals surface area contributed by atoms with E-state index in [0.717, 1.165) is 22.1 Å². The van der Waals surface area contributed by atoms with E-state index in [2.05, 4.69) is 33.8 Å². The molecule has 0 saturated heterocycles. The van der Waals surface area contributed by atoms with Gasteiger partial charge < -0.3 is 0 Å². The van der Waals surface area contributed by atoms with Crippen molar-refractivity contribution in [3.63, 3.8) is 0 Å². The van der Waals surface area contributed by atoms with Crippen molar-refractivity contribution in [1.82, 2.24) is 14.8 Å². The molecule has 0 bridgehead atoms. The van der Waals surface area contributed by atoms with Crippen molar-refractivity contribution in [2.24, 2.45) is 5.92 Å². The first kappa shape index (κ1) is 11.7. The Labute approximate surface area is 112 Å². The largest absolute Gasteiger partial charge is 0.297 e. The molecule has 1 heterocycles. The second-order valence-electron chi connectivity index (χ2n) is 5.12. The predicted molar refractivity (Wildman–Crippen MR) is 74.9 cm³/mol. The molecule has 3 nitrogen and oxygen atoms in total. The van der Waals surface area contributed by atoms with E-state index in [4.69, 9.17) is 12.2 Å². The van der Waals surface area contributed by atoms with Gasteiger partial charge in [0.05, 0.1) is 0 Å². The molecule has 0 spiro atoms. The molecule has 0 radical (unpaired) electrons. The van der Waals surface area contributed by atoms with E-state index >= 15 is 0 Å². The molecule has 1 aromatic carbocycles. The number of benzene rings is 1. The van der Waals surface area contributed by atoms with Gasteiger partial charge >= 0.3 is 0 Å². The highest BCUT2D eigenvalue weighted by Crippen LogP contribution is 2.37. The standard InChI is InChI=1S/C14H17N3S/c1-10(9-11-7-8-11)17-13(15-16-14(17)18)12-5-3-2-4-6-12/h2-6,10-11H,7-9H2,1H3,(H,16,18). The van der Waals surface area contributed by atoms with Crippen LogP contribution in [0.3, 0.4) is 0 Å². The highest BCUT2D eigenvalue weighted by atomic mass is 32.1. The second kappa shape index (κ2) is 4.69. The van der Waals surface area contributed by atoms with Crippen molar-refractivity contribution in [2.75, 3.05) is 0 Å². The summed E-state index contributed by atoms with van der Waals surface area (Å²) in [4.78, 5) is 0. The summed E-state index contributed by atoms with van der Waals surface area (Å²) in [5, 5.41) is 7.31. The third-order valence-corrected chi connectivity index (χ3v) is 3.84. The SMILES string of the molecule is CC(CC1CC1)n1c(-c2ccccc2)n[nH]c1=S. The van der Waals surface area contributed by atoms with Crippen LogP contribution in [0.4, 0.5) is 0 Å². The van der Waals surface area contributed by atoms with E-state index in [-0.39, 0.29) is 0 Å². The minimum absolute atomic E-state index is 0.416. The van der Waals surface area contributed by atoms with Gasteiger partial charge in [0.15, 0.2) is 10.6 Å². The lowest BCUT2D eigenvalue weighted by Crippen LogP contribution is -2.08. The van der Waals surface area contributed by atoms with Crippen LogP contribution >= 0.6 is 12.2 Å². The number of aromatic nitrogens is 3. The van der Waals surface area contributed by atoms with Gasteiger partial charge in [-0.25, -0.2) is 0 Å². The number of H-pyrrole nitrogens is 1. The molecular weight excluding hydrogens is 242 g/mol. The second-order valence-corrected chi connectivity index (χ2v) is 5.50. The Balaban J connectivity index is 1.97. The van der Waals surface area contributed by atoms with E-state index in [0.29, 0.717) is 6.04 Å². The molecule has 18 heavy (non-hydrogen) atoms. The van der Waals surface area contributed by atoms with Gasteiger partial charge in [-0.15, -0.1) is 0 Å². The summed E-state index contributed by atoms with van der Waals surface area (Å²) < 4.78 is 2.88. The molecule has 1 saturated carbocycles. The minimum atomic E-state index is 0.416. The first-order chi connectivity index (χ1) is 8.75. The summed E-state index contributed by atoms with van der Waals surface area (Å²) in [6, 6.07) is 10.6. The molecule has 4 heteroatoms. The topological polar surface area (TPSA) is 33.6 Å². The quantitative estimate of drug-likeness (QED) is 0.843. The maximum atomic E-state index is 5.37. The van der Waals surface area contributed by atoms with Gasteiger partial charge in [0, 0.05) is 11.6 Å². The van der Waals surface area contributed by atoms with Crippen LogP contribution in [0.15, 0.2) is 30.3 Å². The molecule has 1 aliphatic rings. The van der Waals surface area contributed by atoms with Gasteiger partial charge in [-0.05, 0) is 31.5 Å². The van der Waals surface area contributed by atoms with Crippen molar-refractivity contribution in [1.29, 1.82) is 0 Å². The fraction of sp³-hybridized carbons (Fsp3) is 0.429. The average Bonchev–Trinajstić information content (AvgIpc) is 3.10. The van der Waals surface area contributed by atoms with Gasteiger partial charge in [0.25, 0.3) is 0 Å². The third-order valence-electron chi connectivity index (χ3n) is 3.55. The number of aromatic amines is 1. The minimum Gasteiger partial charge on any atom is -0.297 e. The van der Waals surface area contributed by atoms with Crippen molar-refractivity contribution in [3.8, 4) is 11.4 Å². The number of nitrogens with one attached hydrogen (secondary N) is 1. The summed E-state index contributed by atoms with van der Waals surface area (Å²) in [5.74, 6) is 1.84. The molecule has 1 fully saturated rings. The third kappa shape index (κ3) is 2.25. The molecule has 3 rings (SSSR count). The lowest BCUT2D eigenvalue weighted by Gasteiger charge is -2.15. The van der Waals surface area contributed by atoms with Crippen LogP contribution < -0.4 is 0 Å². The summed E-state index contributed by atoms with van der Waals surface area (Å²) >= 11 is 5.37. The Bertz CT molecular complexity index is 581. The molecule has 1 unspecified atom stereocenters. The Morgan fingerprint density at radius 1 is 1.39 bits per heavy atom. The van der Waals surface area contributed by atoms with Crippen LogP contribution in [0.1, 0.15) is 32.2 Å². The normalized spacial score (nSPS) is 16.7. The van der Waals surface area contributed by atoms with Crippen LogP contribution in [-0.4, -0.2) is 14.8 Å². The predicted octanol–water partition coefficient (Wildman–Crippen LogP) is 3.97. The van der Waals surface area contributed by atoms with Crippen LogP contribution in [0.2, 0.25) is 0 Å². The van der Waals surface area contributed by atoms with Crippen LogP contribution in [0.5, 0.6) is 0 Å². The summed E-state index contributed by atoms with van der Waals surface area (Å²) in [6.07, 6.45) is 3.94. The lowest BCUT2D eigenvalue weighted by atomic mass is 10.1. The maximum absolute atomic E-state index is 5.37. The first-order valence-electron chi connectivity index (χ1n) is 6.48. The van der Waals surface area contributed by atoms with Gasteiger partial charge in [-0.3, -0.25) is 9.67 Å². The van der Waals surface area contributed by atoms with Crippen molar-refractivity contribution in [2.45, 2.75) is 32.2 Å². The molecule has 1 N–H and O–H groups in total. The highest BCUT2D eigenvalue weighted by molar-refractivity contribution is 7.71. The van der Waals surface area contributed by atoms with Crippen LogP contribution in [0, 0.1) is 10.7 Å². The summed E-state index contributed by atoms with van der Waals surface area (Å²) in [6.45, 7) is 2.23. The molecule has 1 aliphatic carbocycles. The Hall–Kier alpha value is -1.42. The van der Waals surface area contributed by atoms with E-state index in [9.17, 15) is 0 Å². The lowest BCUT2D eigenvalue weighted by molar-refractivity contribution is 0.475. The highest BCUT2D eigenvalue weighted by Gasteiger charge is 2.25. The summed E-state index contributed by atoms with van der Waals surface area (Å²) in [7, 11) is 0. The molecule has 94 valence electrons. The smallest absolute Gasteiger partial charge is 0.195 e. The molecule has 0 aliphatic heterocycles. The Morgan fingerprint density at radius 2 is 2.11 bits per heavy atom. The maximum Gasteiger partial charge on any atom is 0.195 e. The number of rotatable bonds is 4. The fourth-order valence-corrected chi connectivity index (χ4v) is 2.76. The first-order valence-corrected chi connectivity index (χ1v) is 6.89. The number of nitrogens with zero attached hydrogens (tertiary/aromatic N) is 2. The van der Waals surface area contributed by atoms with Crippen molar-refractivity contribution < 1.29 is 0 Å². The van der Waals surface area contributed by atoms with E-state index in [1.54, 1.807) is 0 Å². The zero-order chi connectivity index (χ0) is 12.5. The van der Waals surface area contributed by atoms with E-state index < -0.39 is 0 Å². The summed E-state index contributed by atoms with van der Waals surface area (Å²) in [5.41, 5.74) is 1.12. The Kier molecular flexibility index (Phi) is 3.04. The molecule has 0 amide bonds. The fourth-order valence-electron chi connectivity index (χ4n) is 2.45. The van der Waals surface area contributed by atoms with Gasteiger partial charge in [-0.1, -0.05) is 43.2 Å². The van der Waals surface area contributed by atoms with Gasteiger partial charge in [0.1, 0.15) is 0 Å². The van der Waals surface area contributed by atoms with Crippen molar-refractivity contribution in [3.05, 3.63) is 35.1 Å². The molecule has 1 atom stereocenters. The van der Waals surface area contributed by atoms with Crippen LogP contribution in [-0.2, 0) is 0 Å². The molecule has 1 aromatic heterocycles. The van der Waals surface area contributed by atoms with E-state index in [1.807, 2.05) is 18.2 Å². The van der Waals surface area contributed by atoms with E-state index in [1.165, 1.54) is 19.3 Å². The Morgan fingerprint density at radius 3 is 2.78 bits per heavy atom. The van der Waals surface area contributed by atoms with Gasteiger partial charge in [-0.2, -0.15) is 5.10 Å². The number of hydrogen-bond donors (Lipinski definition) is 1. The molecular formula is C14H17N3S. The monoisotopic (exact) mass is 259 g/mol. The zero-order valence-corrected chi connectivity index (χ0v) is 11.3. The molecule has 2 aromatic rings. The average molecular weight is 259 g/mol. The van der Waals surface area contributed by atoms with Crippen LogP contribution in [0.25, 0.3) is 11.4 Å². The number of hydrogen-bond acceptors (Lipinski definition) is 2. The zero-order valence-electron chi connectivity index (χ0n) is 10.5. The van der Waals surface area contributed by atoms with Crippen molar-refractivity contribution >= 4 is 12.2 Å².